The van der Waals surface area contributed by atoms with Crippen LogP contribution in [0.1, 0.15) is 34.1 Å². The molecule has 0 amide bonds. The molecule has 3 N–H and O–H groups in total. The Morgan fingerprint density at radius 2 is 1.84 bits per heavy atom. The fraction of sp³-hybridized carbons (Fsp3) is 0.286. The first kappa shape index (κ1) is 29.9. The molecule has 2 aliphatic rings. The van der Waals surface area contributed by atoms with Crippen molar-refractivity contribution >= 4 is 11.6 Å². The third-order valence-electron chi connectivity index (χ3n) is 7.98. The van der Waals surface area contributed by atoms with Gasteiger partial charge in [-0.2, -0.15) is 5.26 Å². The van der Waals surface area contributed by atoms with Gasteiger partial charge in [-0.3, -0.25) is 0 Å². The lowest BCUT2D eigenvalue weighted by Crippen LogP contribution is -2.38. The monoisotopic (exact) mass is 611 g/mol. The van der Waals surface area contributed by atoms with Gasteiger partial charge in [0.25, 0.3) is 0 Å². The van der Waals surface area contributed by atoms with Crippen LogP contribution in [0.2, 0.25) is 5.02 Å². The van der Waals surface area contributed by atoms with E-state index >= 15 is 0 Å². The molecule has 1 fully saturated rings. The molecule has 0 spiro atoms. The summed E-state index contributed by atoms with van der Waals surface area (Å²) < 4.78 is 24.3. The van der Waals surface area contributed by atoms with Crippen LogP contribution in [0.25, 0.3) is 11.1 Å². The van der Waals surface area contributed by atoms with Crippen LogP contribution >= 0.6 is 11.6 Å². The summed E-state index contributed by atoms with van der Waals surface area (Å²) >= 11 is 6.64. The second kappa shape index (κ2) is 13.7. The number of hydrogen-bond acceptors (Lipinski definition) is 8. The third kappa shape index (κ3) is 6.83. The molecule has 8 nitrogen and oxygen atoms in total. The summed E-state index contributed by atoms with van der Waals surface area (Å²) in [5.74, 6) is 2.04. The number of nitriles is 1. The zero-order valence-corrected chi connectivity index (χ0v) is 25.1. The van der Waals surface area contributed by atoms with Gasteiger partial charge in [0.05, 0.1) is 24.3 Å². The highest BCUT2D eigenvalue weighted by molar-refractivity contribution is 6.31. The third-order valence-corrected chi connectivity index (χ3v) is 8.33. The van der Waals surface area contributed by atoms with Gasteiger partial charge in [0.2, 0.25) is 6.29 Å². The van der Waals surface area contributed by atoms with Gasteiger partial charge < -0.3 is 34.7 Å². The van der Waals surface area contributed by atoms with Crippen LogP contribution in [0.3, 0.4) is 0 Å². The Hall–Kier alpha value is -4.10. The van der Waals surface area contributed by atoms with Gasteiger partial charge in [0.15, 0.2) is 11.5 Å². The number of aliphatic hydroxyl groups excluding tert-OH is 1. The van der Waals surface area contributed by atoms with Crippen LogP contribution in [-0.4, -0.2) is 43.6 Å². The first-order valence-corrected chi connectivity index (χ1v) is 15.0. The van der Waals surface area contributed by atoms with Crippen molar-refractivity contribution in [2.24, 2.45) is 0 Å². The van der Waals surface area contributed by atoms with Crippen LogP contribution in [0.5, 0.6) is 17.2 Å². The van der Waals surface area contributed by atoms with Crippen molar-refractivity contribution in [1.82, 2.24) is 10.6 Å². The molecular weight excluding hydrogens is 578 g/mol. The number of ether oxygens (including phenoxy) is 4. The van der Waals surface area contributed by atoms with Crippen molar-refractivity contribution in [1.29, 1.82) is 5.26 Å². The molecule has 2 aliphatic heterocycles. The lowest BCUT2D eigenvalue weighted by molar-refractivity contribution is -0.0930. The van der Waals surface area contributed by atoms with E-state index < -0.39 is 12.4 Å². The van der Waals surface area contributed by atoms with E-state index in [1.54, 1.807) is 18.2 Å². The van der Waals surface area contributed by atoms with E-state index in [-0.39, 0.29) is 12.6 Å². The Morgan fingerprint density at radius 1 is 1.00 bits per heavy atom. The van der Waals surface area contributed by atoms with Gasteiger partial charge >= 0.3 is 0 Å². The summed E-state index contributed by atoms with van der Waals surface area (Å²) in [7, 11) is 0. The molecule has 0 aliphatic carbocycles. The topological polar surface area (TPSA) is 105 Å². The molecule has 0 aromatic heterocycles. The SMILES string of the molecule is Cc1c(COC(Oc2ccc(CN[C@@H]3CNC[C@H]3O)c(Cl)c2)c2cccc(C#N)c2)cccc1-c1ccc2c(c1)OCCO2. The van der Waals surface area contributed by atoms with Gasteiger partial charge in [-0.25, -0.2) is 0 Å². The fourth-order valence-electron chi connectivity index (χ4n) is 5.46. The Balaban J connectivity index is 1.20. The molecule has 0 radical (unpaired) electrons. The van der Waals surface area contributed by atoms with Crippen molar-refractivity contribution in [2.75, 3.05) is 26.3 Å². The molecule has 4 aromatic carbocycles. The molecule has 9 heteroatoms. The maximum Gasteiger partial charge on any atom is 0.227 e. The van der Waals surface area contributed by atoms with E-state index in [2.05, 4.69) is 29.7 Å². The quantitative estimate of drug-likeness (QED) is 0.197. The summed E-state index contributed by atoms with van der Waals surface area (Å²) in [4.78, 5) is 0. The second-order valence-corrected chi connectivity index (χ2v) is 11.3. The number of halogens is 1. The van der Waals surface area contributed by atoms with E-state index in [4.69, 9.17) is 30.5 Å². The number of nitrogens with one attached hydrogen (secondary N) is 2. The van der Waals surface area contributed by atoms with Crippen molar-refractivity contribution < 1.29 is 24.1 Å². The standard InChI is InChI=1S/C35H34ClN3O5/c1-22-27(6-3-7-29(22)24-9-11-33-34(15-24)42-13-12-41-33)21-43-35(25-5-2-4-23(14-25)17-37)44-28-10-8-26(30(36)16-28)18-39-31-19-38-20-32(31)40/h2-11,14-16,31-32,35,38-40H,12-13,18-21H2,1H3/t31-,32-,35?/m1/s1. The van der Waals surface area contributed by atoms with Gasteiger partial charge in [-0.15, -0.1) is 0 Å². The Labute approximate surface area is 262 Å². The number of fused-ring (bicyclic) bond motifs is 1. The number of β-amino-alcohol motifs (C(OH)–C–C–N with tert-alkyl or cyclic N) is 1. The van der Waals surface area contributed by atoms with E-state index in [1.165, 1.54) is 0 Å². The van der Waals surface area contributed by atoms with Crippen molar-refractivity contribution in [3.05, 3.63) is 112 Å². The minimum Gasteiger partial charge on any atom is -0.486 e. The molecular formula is C35H34ClN3O5. The summed E-state index contributed by atoms with van der Waals surface area (Å²) in [6, 6.07) is 27.0. The highest BCUT2D eigenvalue weighted by Gasteiger charge is 2.24. The zero-order chi connectivity index (χ0) is 30.5. The Bertz CT molecular complexity index is 1670. The zero-order valence-electron chi connectivity index (χ0n) is 24.4. The number of aliphatic hydroxyl groups is 1. The summed E-state index contributed by atoms with van der Waals surface area (Å²) in [6.07, 6.45) is -1.22. The van der Waals surface area contributed by atoms with E-state index in [0.29, 0.717) is 54.7 Å². The normalized spacial score (nSPS) is 18.0. The summed E-state index contributed by atoms with van der Waals surface area (Å²) in [6.45, 7) is 5.24. The smallest absolute Gasteiger partial charge is 0.227 e. The molecule has 3 atom stereocenters. The Kier molecular flexibility index (Phi) is 9.31. The fourth-order valence-corrected chi connectivity index (χ4v) is 5.70. The summed E-state index contributed by atoms with van der Waals surface area (Å²) in [5.41, 5.74) is 6.32. The molecule has 4 aromatic rings. The van der Waals surface area contributed by atoms with Crippen molar-refractivity contribution in [3.8, 4) is 34.4 Å². The van der Waals surface area contributed by atoms with E-state index in [0.717, 1.165) is 39.3 Å². The lowest BCUT2D eigenvalue weighted by atomic mass is 9.96. The minimum absolute atomic E-state index is 0.0243. The number of benzene rings is 4. The lowest BCUT2D eigenvalue weighted by Gasteiger charge is -2.22. The van der Waals surface area contributed by atoms with Gasteiger partial charge in [0, 0.05) is 36.3 Å². The van der Waals surface area contributed by atoms with Crippen LogP contribution in [0.15, 0.2) is 78.9 Å². The molecule has 1 saturated heterocycles. The minimum atomic E-state index is -0.791. The van der Waals surface area contributed by atoms with Gasteiger partial charge in [-0.05, 0) is 71.1 Å². The second-order valence-electron chi connectivity index (χ2n) is 10.9. The van der Waals surface area contributed by atoms with Gasteiger partial charge in [-0.1, -0.05) is 54.1 Å². The average Bonchev–Trinajstić information content (AvgIpc) is 3.47. The first-order chi connectivity index (χ1) is 21.5. The van der Waals surface area contributed by atoms with Crippen LogP contribution in [0.4, 0.5) is 0 Å². The van der Waals surface area contributed by atoms with Crippen molar-refractivity contribution in [3.63, 3.8) is 0 Å². The van der Waals surface area contributed by atoms with E-state index in [1.807, 2.05) is 54.6 Å². The molecule has 0 bridgehead atoms. The highest BCUT2D eigenvalue weighted by atomic mass is 35.5. The average molecular weight is 612 g/mol. The van der Waals surface area contributed by atoms with Gasteiger partial charge in [0.1, 0.15) is 19.0 Å². The molecule has 44 heavy (non-hydrogen) atoms. The maximum absolute atomic E-state index is 10.1. The summed E-state index contributed by atoms with van der Waals surface area (Å²) in [5, 5.41) is 26.6. The predicted octanol–water partition coefficient (Wildman–Crippen LogP) is 5.68. The molecule has 2 heterocycles. The van der Waals surface area contributed by atoms with Crippen LogP contribution in [-0.2, 0) is 17.9 Å². The molecule has 1 unspecified atom stereocenters. The molecule has 6 rings (SSSR count). The largest absolute Gasteiger partial charge is 0.486 e. The van der Waals surface area contributed by atoms with E-state index in [9.17, 15) is 10.4 Å². The Morgan fingerprint density at radius 3 is 2.64 bits per heavy atom. The maximum atomic E-state index is 10.1. The molecule has 226 valence electrons. The first-order valence-electron chi connectivity index (χ1n) is 14.7. The van der Waals surface area contributed by atoms with Crippen LogP contribution < -0.4 is 24.8 Å². The predicted molar refractivity (Wildman–Crippen MR) is 168 cm³/mol. The van der Waals surface area contributed by atoms with Crippen LogP contribution in [0, 0.1) is 18.3 Å². The van der Waals surface area contributed by atoms with Crippen molar-refractivity contribution in [2.45, 2.75) is 38.5 Å². The number of nitrogens with zero attached hydrogens (tertiary/aromatic N) is 1. The highest BCUT2D eigenvalue weighted by Crippen LogP contribution is 2.36. The molecule has 0 saturated carbocycles. The number of hydrogen-bond donors (Lipinski definition) is 3. The number of rotatable bonds is 10.